The fourth-order valence-corrected chi connectivity index (χ4v) is 4.54. The van der Waals surface area contributed by atoms with Crippen LogP contribution in [-0.2, 0) is 10.0 Å². The summed E-state index contributed by atoms with van der Waals surface area (Å²) in [4.78, 5) is 0. The molecule has 0 radical (unpaired) electrons. The van der Waals surface area contributed by atoms with E-state index in [0.29, 0.717) is 0 Å². The predicted molar refractivity (Wildman–Crippen MR) is 56.9 cm³/mol. The third-order valence-electron chi connectivity index (χ3n) is 3.13. The van der Waals surface area contributed by atoms with Gasteiger partial charge in [0.05, 0.1) is 17.3 Å². The van der Waals surface area contributed by atoms with Gasteiger partial charge >= 0.3 is 0 Å². The van der Waals surface area contributed by atoms with E-state index in [2.05, 4.69) is 0 Å². The quantitative estimate of drug-likeness (QED) is 0.647. The molecule has 15 heavy (non-hydrogen) atoms. The Morgan fingerprint density at radius 2 is 1.27 bits per heavy atom. The Morgan fingerprint density at radius 1 is 1.00 bits per heavy atom. The van der Waals surface area contributed by atoms with Crippen molar-refractivity contribution >= 4 is 10.0 Å². The Labute approximate surface area is 90.8 Å². The first kappa shape index (κ1) is 12.9. The molecule has 0 aliphatic carbocycles. The molecule has 0 spiro atoms. The lowest BCUT2D eigenvalue weighted by Gasteiger charge is -2.38. The van der Waals surface area contributed by atoms with Crippen molar-refractivity contribution in [1.29, 1.82) is 0 Å². The van der Waals surface area contributed by atoms with Crippen LogP contribution in [0.2, 0.25) is 0 Å². The summed E-state index contributed by atoms with van der Waals surface area (Å²) in [6, 6.07) is 0. The number of hydrogen-bond acceptors (Lipinski definition) is 4. The molecule has 0 unspecified atom stereocenters. The zero-order valence-electron chi connectivity index (χ0n) is 9.72. The highest BCUT2D eigenvalue weighted by Crippen LogP contribution is 2.42. The molecule has 0 aromatic carbocycles. The second-order valence-electron chi connectivity index (χ2n) is 5.22. The third-order valence-corrected chi connectivity index (χ3v) is 4.73. The van der Waals surface area contributed by atoms with E-state index < -0.39 is 33.3 Å². The van der Waals surface area contributed by atoms with Crippen LogP contribution in [0.5, 0.6) is 0 Å². The number of sulfonamides is 1. The van der Waals surface area contributed by atoms with Crippen LogP contribution < -0.4 is 0 Å². The van der Waals surface area contributed by atoms with Gasteiger partial charge < -0.3 is 10.2 Å². The van der Waals surface area contributed by atoms with E-state index in [0.717, 1.165) is 6.26 Å². The molecular formula is C9H19NO4S. The molecule has 1 aliphatic rings. The largest absolute Gasteiger partial charge is 0.388 e. The van der Waals surface area contributed by atoms with Gasteiger partial charge in [0.2, 0.25) is 10.0 Å². The van der Waals surface area contributed by atoms with Crippen molar-refractivity contribution in [3.8, 4) is 0 Å². The standard InChI is InChI=1S/C9H19NO4S/c1-8(2)6(11)7(12)9(3,4)10(8)15(5,13)14/h6-7,11-12H,1-5H3/t6-,7+. The van der Waals surface area contributed by atoms with Crippen LogP contribution in [0, 0.1) is 0 Å². The van der Waals surface area contributed by atoms with Gasteiger partial charge in [-0.1, -0.05) is 0 Å². The van der Waals surface area contributed by atoms with Gasteiger partial charge in [-0.25, -0.2) is 8.42 Å². The van der Waals surface area contributed by atoms with Crippen LogP contribution in [0.4, 0.5) is 0 Å². The fraction of sp³-hybridized carbons (Fsp3) is 1.00. The van der Waals surface area contributed by atoms with E-state index in [-0.39, 0.29) is 0 Å². The zero-order chi connectivity index (χ0) is 12.2. The first-order valence-corrected chi connectivity index (χ1v) is 6.65. The van der Waals surface area contributed by atoms with E-state index in [4.69, 9.17) is 0 Å². The van der Waals surface area contributed by atoms with Crippen molar-refractivity contribution in [1.82, 2.24) is 4.31 Å². The Morgan fingerprint density at radius 3 is 1.40 bits per heavy atom. The molecule has 1 aliphatic heterocycles. The molecule has 0 bridgehead atoms. The average Bonchev–Trinajstić information content (AvgIpc) is 2.06. The maximum absolute atomic E-state index is 11.7. The molecule has 1 saturated heterocycles. The highest BCUT2D eigenvalue weighted by Gasteiger charge is 2.61. The minimum Gasteiger partial charge on any atom is -0.388 e. The monoisotopic (exact) mass is 237 g/mol. The van der Waals surface area contributed by atoms with Crippen molar-refractivity contribution in [3.63, 3.8) is 0 Å². The Kier molecular flexibility index (Phi) is 2.72. The lowest BCUT2D eigenvalue weighted by atomic mass is 9.94. The zero-order valence-corrected chi connectivity index (χ0v) is 10.5. The fourth-order valence-electron chi connectivity index (χ4n) is 2.61. The summed E-state index contributed by atoms with van der Waals surface area (Å²) in [5, 5.41) is 19.7. The van der Waals surface area contributed by atoms with E-state index in [1.54, 1.807) is 27.7 Å². The lowest BCUT2D eigenvalue weighted by Crippen LogP contribution is -2.54. The molecule has 6 heteroatoms. The molecule has 2 N–H and O–H groups in total. The van der Waals surface area contributed by atoms with E-state index in [9.17, 15) is 18.6 Å². The topological polar surface area (TPSA) is 77.8 Å². The molecule has 5 nitrogen and oxygen atoms in total. The summed E-state index contributed by atoms with van der Waals surface area (Å²) in [5.74, 6) is 0. The van der Waals surface area contributed by atoms with Gasteiger partial charge in [0.25, 0.3) is 0 Å². The molecule has 1 heterocycles. The van der Waals surface area contributed by atoms with E-state index >= 15 is 0 Å². The first-order chi connectivity index (χ1) is 6.43. The van der Waals surface area contributed by atoms with Crippen molar-refractivity contribution in [2.45, 2.75) is 51.0 Å². The van der Waals surface area contributed by atoms with Crippen LogP contribution in [0.25, 0.3) is 0 Å². The lowest BCUT2D eigenvalue weighted by molar-refractivity contribution is 0.000554. The summed E-state index contributed by atoms with van der Waals surface area (Å²) in [6.07, 6.45) is -1.08. The molecule has 0 aromatic heterocycles. The van der Waals surface area contributed by atoms with Gasteiger partial charge in [0.1, 0.15) is 12.2 Å². The molecule has 0 saturated carbocycles. The van der Waals surface area contributed by atoms with Crippen LogP contribution in [0.15, 0.2) is 0 Å². The van der Waals surface area contributed by atoms with Crippen molar-refractivity contribution in [2.75, 3.05) is 6.26 Å². The Bertz CT molecular complexity index is 340. The van der Waals surface area contributed by atoms with Gasteiger partial charge in [-0.15, -0.1) is 0 Å². The summed E-state index contributed by atoms with van der Waals surface area (Å²) in [5.41, 5.74) is -1.98. The van der Waals surface area contributed by atoms with Gasteiger partial charge in [0, 0.05) is 0 Å². The second kappa shape index (κ2) is 3.16. The normalized spacial score (nSPS) is 35.7. The van der Waals surface area contributed by atoms with Crippen molar-refractivity contribution in [2.24, 2.45) is 0 Å². The third kappa shape index (κ3) is 1.69. The smallest absolute Gasteiger partial charge is 0.212 e. The average molecular weight is 237 g/mol. The van der Waals surface area contributed by atoms with Gasteiger partial charge in [-0.2, -0.15) is 4.31 Å². The minimum atomic E-state index is -3.47. The van der Waals surface area contributed by atoms with Gasteiger partial charge in [0.15, 0.2) is 0 Å². The number of aliphatic hydroxyl groups excluding tert-OH is 2. The summed E-state index contributed by atoms with van der Waals surface area (Å²) >= 11 is 0. The Balaban J connectivity index is 3.37. The summed E-state index contributed by atoms with van der Waals surface area (Å²) in [6.45, 7) is 6.43. The predicted octanol–water partition coefficient (Wildman–Crippen LogP) is -0.459. The van der Waals surface area contributed by atoms with E-state index in [1.807, 2.05) is 0 Å². The number of aliphatic hydroxyl groups is 2. The number of nitrogens with zero attached hydrogens (tertiary/aromatic N) is 1. The Hall–Kier alpha value is -0.170. The molecular weight excluding hydrogens is 218 g/mol. The maximum atomic E-state index is 11.7. The van der Waals surface area contributed by atoms with E-state index in [1.165, 1.54) is 4.31 Å². The van der Waals surface area contributed by atoms with Crippen LogP contribution in [-0.4, -0.2) is 52.5 Å². The second-order valence-corrected chi connectivity index (χ2v) is 7.06. The van der Waals surface area contributed by atoms with Crippen LogP contribution in [0.1, 0.15) is 27.7 Å². The highest BCUT2D eigenvalue weighted by atomic mass is 32.2. The molecule has 90 valence electrons. The first-order valence-electron chi connectivity index (χ1n) is 4.80. The summed E-state index contributed by atoms with van der Waals surface area (Å²) in [7, 11) is -3.47. The molecule has 0 aromatic rings. The number of rotatable bonds is 1. The van der Waals surface area contributed by atoms with Crippen molar-refractivity contribution < 1.29 is 18.6 Å². The molecule has 2 atom stereocenters. The van der Waals surface area contributed by atoms with Crippen LogP contribution in [0.3, 0.4) is 0 Å². The SMILES string of the molecule is CC1(C)[C@H](O)[C@H](O)C(C)(C)N1S(C)(=O)=O. The number of hydrogen-bond donors (Lipinski definition) is 2. The highest BCUT2D eigenvalue weighted by molar-refractivity contribution is 7.88. The van der Waals surface area contributed by atoms with Gasteiger partial charge in [-0.3, -0.25) is 0 Å². The molecule has 1 fully saturated rings. The van der Waals surface area contributed by atoms with Crippen molar-refractivity contribution in [3.05, 3.63) is 0 Å². The minimum absolute atomic E-state index is 0.990. The molecule has 1 rings (SSSR count). The van der Waals surface area contributed by atoms with Gasteiger partial charge in [-0.05, 0) is 27.7 Å². The summed E-state index contributed by atoms with van der Waals surface area (Å²) < 4.78 is 24.5. The van der Waals surface area contributed by atoms with Crippen LogP contribution >= 0.6 is 0 Å². The molecule has 0 amide bonds. The maximum Gasteiger partial charge on any atom is 0.212 e.